The number of nitrogens with one attached hydrogen (secondary N) is 2. The van der Waals surface area contributed by atoms with Crippen molar-refractivity contribution in [2.75, 3.05) is 11.9 Å². The summed E-state index contributed by atoms with van der Waals surface area (Å²) >= 11 is 5.10. The molecule has 0 fully saturated rings. The summed E-state index contributed by atoms with van der Waals surface area (Å²) in [6.07, 6.45) is 0. The van der Waals surface area contributed by atoms with Crippen LogP contribution in [0.4, 0.5) is 14.5 Å². The molecule has 106 valence electrons. The molecule has 0 spiro atoms. The standard InChI is InChI=1S/C13H18F2N2OS/c1-8(2)7-16-13(19)17-10-5-4-9(3)6-11(10)18-12(14)15/h4-6,8,12H,7H2,1-3H3,(H2,16,17,19). The molecule has 0 saturated heterocycles. The monoisotopic (exact) mass is 288 g/mol. The normalized spacial score (nSPS) is 10.7. The number of hydrogen-bond donors (Lipinski definition) is 2. The van der Waals surface area contributed by atoms with Crippen molar-refractivity contribution in [2.45, 2.75) is 27.4 Å². The molecular weight excluding hydrogens is 270 g/mol. The van der Waals surface area contributed by atoms with Crippen LogP contribution in [0.2, 0.25) is 0 Å². The molecular formula is C13H18F2N2OS. The Labute approximate surface area is 117 Å². The molecule has 1 aromatic rings. The molecule has 0 saturated carbocycles. The highest BCUT2D eigenvalue weighted by atomic mass is 32.1. The topological polar surface area (TPSA) is 33.3 Å². The van der Waals surface area contributed by atoms with E-state index in [1.54, 1.807) is 25.1 Å². The molecule has 0 bridgehead atoms. The Bertz CT molecular complexity index is 439. The summed E-state index contributed by atoms with van der Waals surface area (Å²) in [5.41, 5.74) is 1.26. The third-order valence-corrected chi connectivity index (χ3v) is 2.52. The van der Waals surface area contributed by atoms with Gasteiger partial charge in [0, 0.05) is 6.54 Å². The minimum absolute atomic E-state index is 0.0868. The molecule has 1 aromatic carbocycles. The molecule has 0 aliphatic rings. The molecule has 0 unspecified atom stereocenters. The van der Waals surface area contributed by atoms with Crippen molar-refractivity contribution >= 4 is 23.0 Å². The highest BCUT2D eigenvalue weighted by molar-refractivity contribution is 7.80. The van der Waals surface area contributed by atoms with Gasteiger partial charge in [0.25, 0.3) is 0 Å². The smallest absolute Gasteiger partial charge is 0.387 e. The van der Waals surface area contributed by atoms with Gasteiger partial charge in [-0.1, -0.05) is 19.9 Å². The van der Waals surface area contributed by atoms with E-state index in [9.17, 15) is 8.78 Å². The van der Waals surface area contributed by atoms with Gasteiger partial charge < -0.3 is 15.4 Å². The number of thiocarbonyl (C=S) groups is 1. The molecule has 3 nitrogen and oxygen atoms in total. The van der Waals surface area contributed by atoms with Crippen LogP contribution < -0.4 is 15.4 Å². The van der Waals surface area contributed by atoms with Gasteiger partial charge >= 0.3 is 6.61 Å². The first-order valence-corrected chi connectivity index (χ1v) is 6.39. The first-order chi connectivity index (χ1) is 8.88. The van der Waals surface area contributed by atoms with E-state index in [0.717, 1.165) is 5.56 Å². The van der Waals surface area contributed by atoms with Gasteiger partial charge in [0.1, 0.15) is 5.75 Å². The maximum Gasteiger partial charge on any atom is 0.387 e. The number of ether oxygens (including phenoxy) is 1. The van der Waals surface area contributed by atoms with E-state index >= 15 is 0 Å². The summed E-state index contributed by atoms with van der Waals surface area (Å²) in [6, 6.07) is 5.00. The van der Waals surface area contributed by atoms with Crippen LogP contribution in [0.3, 0.4) is 0 Å². The quantitative estimate of drug-likeness (QED) is 0.812. The van der Waals surface area contributed by atoms with Crippen LogP contribution >= 0.6 is 12.2 Å². The first-order valence-electron chi connectivity index (χ1n) is 5.98. The van der Waals surface area contributed by atoms with Crippen molar-refractivity contribution in [3.8, 4) is 5.75 Å². The zero-order valence-corrected chi connectivity index (χ0v) is 12.0. The molecule has 0 amide bonds. The minimum atomic E-state index is -2.86. The lowest BCUT2D eigenvalue weighted by Crippen LogP contribution is -2.31. The van der Waals surface area contributed by atoms with Crippen molar-refractivity contribution in [3.05, 3.63) is 23.8 Å². The van der Waals surface area contributed by atoms with E-state index < -0.39 is 6.61 Å². The molecule has 0 aliphatic heterocycles. The van der Waals surface area contributed by atoms with E-state index in [-0.39, 0.29) is 5.75 Å². The van der Waals surface area contributed by atoms with Crippen LogP contribution in [0.1, 0.15) is 19.4 Å². The van der Waals surface area contributed by atoms with Gasteiger partial charge in [0.05, 0.1) is 5.69 Å². The van der Waals surface area contributed by atoms with E-state index in [1.165, 1.54) is 0 Å². The Kier molecular flexibility index (Phi) is 5.95. The lowest BCUT2D eigenvalue weighted by Gasteiger charge is -2.15. The SMILES string of the molecule is Cc1ccc(NC(=S)NCC(C)C)c(OC(F)F)c1. The minimum Gasteiger partial charge on any atom is -0.433 e. The predicted octanol–water partition coefficient (Wildman–Crippen LogP) is 3.54. The Morgan fingerprint density at radius 1 is 1.37 bits per heavy atom. The van der Waals surface area contributed by atoms with E-state index in [4.69, 9.17) is 12.2 Å². The van der Waals surface area contributed by atoms with E-state index in [2.05, 4.69) is 15.4 Å². The Balaban J connectivity index is 2.73. The number of aryl methyl sites for hydroxylation is 1. The fourth-order valence-electron chi connectivity index (χ4n) is 1.39. The second-order valence-corrected chi connectivity index (χ2v) is 5.02. The average molecular weight is 288 g/mol. The van der Waals surface area contributed by atoms with Gasteiger partial charge in [-0.2, -0.15) is 8.78 Å². The van der Waals surface area contributed by atoms with Crippen molar-refractivity contribution in [2.24, 2.45) is 5.92 Å². The lowest BCUT2D eigenvalue weighted by atomic mass is 10.2. The highest BCUT2D eigenvalue weighted by Crippen LogP contribution is 2.27. The van der Waals surface area contributed by atoms with Crippen molar-refractivity contribution in [1.82, 2.24) is 5.32 Å². The number of hydrogen-bond acceptors (Lipinski definition) is 2. The third kappa shape index (κ3) is 5.83. The van der Waals surface area contributed by atoms with Crippen LogP contribution in [0.25, 0.3) is 0 Å². The Morgan fingerprint density at radius 2 is 2.05 bits per heavy atom. The van der Waals surface area contributed by atoms with Crippen molar-refractivity contribution < 1.29 is 13.5 Å². The summed E-state index contributed by atoms with van der Waals surface area (Å²) in [4.78, 5) is 0. The third-order valence-electron chi connectivity index (χ3n) is 2.27. The van der Waals surface area contributed by atoms with Crippen LogP contribution in [0, 0.1) is 12.8 Å². The molecule has 0 atom stereocenters. The van der Waals surface area contributed by atoms with Gasteiger partial charge in [0.15, 0.2) is 5.11 Å². The first kappa shape index (κ1) is 15.6. The Morgan fingerprint density at radius 3 is 2.63 bits per heavy atom. The van der Waals surface area contributed by atoms with E-state index in [1.807, 2.05) is 13.8 Å². The van der Waals surface area contributed by atoms with Crippen LogP contribution in [-0.2, 0) is 0 Å². The molecule has 2 N–H and O–H groups in total. The maximum absolute atomic E-state index is 12.3. The summed E-state index contributed by atoms with van der Waals surface area (Å²) < 4.78 is 29.1. The lowest BCUT2D eigenvalue weighted by molar-refractivity contribution is -0.0493. The van der Waals surface area contributed by atoms with Gasteiger partial charge in [-0.3, -0.25) is 0 Å². The average Bonchev–Trinajstić information content (AvgIpc) is 2.29. The fraction of sp³-hybridized carbons (Fsp3) is 0.462. The molecule has 19 heavy (non-hydrogen) atoms. The zero-order valence-electron chi connectivity index (χ0n) is 11.2. The molecule has 1 rings (SSSR count). The highest BCUT2D eigenvalue weighted by Gasteiger charge is 2.11. The fourth-order valence-corrected chi connectivity index (χ4v) is 1.58. The van der Waals surface area contributed by atoms with Crippen molar-refractivity contribution in [3.63, 3.8) is 0 Å². The molecule has 0 heterocycles. The van der Waals surface area contributed by atoms with Crippen LogP contribution in [0.15, 0.2) is 18.2 Å². The Hall–Kier alpha value is -1.43. The number of benzene rings is 1. The summed E-state index contributed by atoms with van der Waals surface area (Å²) in [5, 5.41) is 6.25. The summed E-state index contributed by atoms with van der Waals surface area (Å²) in [6.45, 7) is 3.75. The van der Waals surface area contributed by atoms with Gasteiger partial charge in [-0.25, -0.2) is 0 Å². The van der Waals surface area contributed by atoms with Gasteiger partial charge in [-0.15, -0.1) is 0 Å². The largest absolute Gasteiger partial charge is 0.433 e. The second kappa shape index (κ2) is 7.23. The number of rotatable bonds is 5. The van der Waals surface area contributed by atoms with Crippen molar-refractivity contribution in [1.29, 1.82) is 0 Å². The maximum atomic E-state index is 12.3. The number of anilines is 1. The van der Waals surface area contributed by atoms with Crippen LogP contribution in [0.5, 0.6) is 5.75 Å². The second-order valence-electron chi connectivity index (χ2n) is 4.61. The summed E-state index contributed by atoms with van der Waals surface area (Å²) in [5.74, 6) is 0.526. The molecule has 0 radical (unpaired) electrons. The zero-order chi connectivity index (χ0) is 14.4. The number of alkyl halides is 2. The molecule has 0 aliphatic carbocycles. The van der Waals surface area contributed by atoms with Gasteiger partial charge in [0.2, 0.25) is 0 Å². The van der Waals surface area contributed by atoms with Crippen LogP contribution in [-0.4, -0.2) is 18.3 Å². The van der Waals surface area contributed by atoms with Gasteiger partial charge in [-0.05, 0) is 42.8 Å². The predicted molar refractivity (Wildman–Crippen MR) is 76.9 cm³/mol. The molecule has 6 heteroatoms. The number of halogens is 2. The van der Waals surface area contributed by atoms with E-state index in [0.29, 0.717) is 23.3 Å². The molecule has 0 aromatic heterocycles. The summed E-state index contributed by atoms with van der Waals surface area (Å²) in [7, 11) is 0.